The van der Waals surface area contributed by atoms with Crippen molar-refractivity contribution in [2.75, 3.05) is 0 Å². The molecule has 0 amide bonds. The molecule has 0 radical (unpaired) electrons. The van der Waals surface area contributed by atoms with E-state index in [1.807, 2.05) is 0 Å². The first-order chi connectivity index (χ1) is 28.6. The van der Waals surface area contributed by atoms with Crippen LogP contribution in [0.3, 0.4) is 0 Å². The summed E-state index contributed by atoms with van der Waals surface area (Å²) < 4.78 is 0. The molecule has 62 heavy (non-hydrogen) atoms. The Balaban J connectivity index is 0.000000158. The highest BCUT2D eigenvalue weighted by Gasteiger charge is 2.72. The maximum absolute atomic E-state index is 4.51. The molecule has 354 valence electrons. The highest BCUT2D eigenvalue weighted by atomic mass is 14.8. The highest BCUT2D eigenvalue weighted by Crippen LogP contribution is 2.80. The molecule has 10 aliphatic carbocycles. The Morgan fingerprint density at radius 1 is 0.419 bits per heavy atom. The van der Waals surface area contributed by atoms with E-state index >= 15 is 0 Å². The van der Waals surface area contributed by atoms with Crippen molar-refractivity contribution in [1.29, 1.82) is 0 Å². The summed E-state index contributed by atoms with van der Waals surface area (Å²) in [4.78, 5) is 0. The van der Waals surface area contributed by atoms with Gasteiger partial charge in [0.15, 0.2) is 0 Å². The number of hydrogen-bond donors (Lipinski definition) is 0. The molecule has 0 aliphatic heterocycles. The smallest absolute Gasteiger partial charge is 0.0172 e. The lowest BCUT2D eigenvalue weighted by Gasteiger charge is -2.73. The standard InChI is InChI=1S/C31H54.C31H52/c2*1-20(2)22-13-15-28(6)18-19-30(8)23(26(22)28)10-11-25-29(7)16-12-21(3)27(4,5)24(29)14-17-31(25,30)9/h20-26H,10-19H2,1-9H3;21-26H,1,10-19H2,2-9H3/t2*21?,22-,23+,24?,25+,26?,28+,29-,30+,31+/m00/s1. The van der Waals surface area contributed by atoms with Gasteiger partial charge < -0.3 is 0 Å². The third-order valence-electron chi connectivity index (χ3n) is 28.3. The van der Waals surface area contributed by atoms with Gasteiger partial charge in [0.2, 0.25) is 0 Å². The van der Waals surface area contributed by atoms with Crippen molar-refractivity contribution in [3.05, 3.63) is 12.2 Å². The van der Waals surface area contributed by atoms with E-state index < -0.39 is 0 Å². The van der Waals surface area contributed by atoms with Gasteiger partial charge in [0.05, 0.1) is 0 Å². The normalized spacial score (nSPS) is 58.1. The molecule has 0 spiro atoms. The topological polar surface area (TPSA) is 0 Å². The van der Waals surface area contributed by atoms with Crippen molar-refractivity contribution in [1.82, 2.24) is 0 Å². The second kappa shape index (κ2) is 14.6. The molecule has 0 bridgehead atoms. The molecule has 0 N–H and O–H groups in total. The van der Waals surface area contributed by atoms with Crippen LogP contribution in [0.25, 0.3) is 0 Å². The van der Waals surface area contributed by atoms with Gasteiger partial charge in [0, 0.05) is 0 Å². The molecule has 10 aliphatic rings. The van der Waals surface area contributed by atoms with Crippen LogP contribution in [-0.4, -0.2) is 0 Å². The lowest BCUT2D eigenvalue weighted by Crippen LogP contribution is -2.66. The van der Waals surface area contributed by atoms with E-state index in [-0.39, 0.29) is 0 Å². The van der Waals surface area contributed by atoms with Crippen LogP contribution in [-0.2, 0) is 0 Å². The minimum Gasteiger partial charge on any atom is -0.0998 e. The maximum Gasteiger partial charge on any atom is -0.0172 e. The van der Waals surface area contributed by atoms with E-state index in [1.165, 1.54) is 128 Å². The Kier molecular flexibility index (Phi) is 11.0. The zero-order chi connectivity index (χ0) is 45.2. The zero-order valence-corrected chi connectivity index (χ0v) is 44.9. The molecule has 10 rings (SSSR count). The second-order valence-electron chi connectivity index (χ2n) is 30.7. The van der Waals surface area contributed by atoms with E-state index in [1.54, 1.807) is 6.42 Å². The van der Waals surface area contributed by atoms with Gasteiger partial charge in [-0.05, 0) is 266 Å². The van der Waals surface area contributed by atoms with E-state index in [0.717, 1.165) is 76.9 Å². The van der Waals surface area contributed by atoms with E-state index in [0.29, 0.717) is 54.1 Å². The molecule has 0 nitrogen and oxygen atoms in total. The third kappa shape index (κ3) is 5.97. The van der Waals surface area contributed by atoms with Gasteiger partial charge in [-0.1, -0.05) is 123 Å². The number of rotatable bonds is 2. The van der Waals surface area contributed by atoms with Crippen LogP contribution in [0.1, 0.15) is 246 Å². The molecule has 0 heterocycles. The predicted molar refractivity (Wildman–Crippen MR) is 268 cm³/mol. The average molecular weight is 852 g/mol. The zero-order valence-electron chi connectivity index (χ0n) is 44.9. The van der Waals surface area contributed by atoms with Gasteiger partial charge >= 0.3 is 0 Å². The average Bonchev–Trinajstić information content (AvgIpc) is 3.74. The first-order valence-electron chi connectivity index (χ1n) is 28.3. The third-order valence-corrected chi connectivity index (χ3v) is 28.3. The lowest BCUT2D eigenvalue weighted by atomic mass is 9.32. The second-order valence-corrected chi connectivity index (χ2v) is 30.7. The minimum atomic E-state index is 0.508. The van der Waals surface area contributed by atoms with Crippen molar-refractivity contribution < 1.29 is 0 Å². The molecule has 6 unspecified atom stereocenters. The van der Waals surface area contributed by atoms with Crippen LogP contribution >= 0.6 is 0 Å². The van der Waals surface area contributed by atoms with E-state index in [2.05, 4.69) is 124 Å². The molecule has 0 aromatic heterocycles. The van der Waals surface area contributed by atoms with Crippen LogP contribution in [0.4, 0.5) is 0 Å². The van der Waals surface area contributed by atoms with Crippen molar-refractivity contribution in [3.63, 3.8) is 0 Å². The summed E-state index contributed by atoms with van der Waals surface area (Å²) in [6.45, 7) is 49.7. The van der Waals surface area contributed by atoms with Gasteiger partial charge in [-0.15, -0.1) is 0 Å². The summed E-state index contributed by atoms with van der Waals surface area (Å²) >= 11 is 0. The fraction of sp³-hybridized carbons (Fsp3) is 0.968. The molecule has 10 fully saturated rings. The summed E-state index contributed by atoms with van der Waals surface area (Å²) in [5, 5.41) is 0. The molecule has 0 saturated heterocycles. The Labute approximate surface area is 387 Å². The minimum absolute atomic E-state index is 0.508. The predicted octanol–water partition coefficient (Wildman–Crippen LogP) is 18.7. The summed E-state index contributed by atoms with van der Waals surface area (Å²) in [7, 11) is 0. The highest BCUT2D eigenvalue weighted by molar-refractivity contribution is 5.22. The Bertz CT molecular complexity index is 1730. The van der Waals surface area contributed by atoms with Gasteiger partial charge in [-0.25, -0.2) is 0 Å². The van der Waals surface area contributed by atoms with Gasteiger partial charge in [0.1, 0.15) is 0 Å². The van der Waals surface area contributed by atoms with Crippen LogP contribution in [0.5, 0.6) is 0 Å². The molecule has 0 aromatic rings. The summed E-state index contributed by atoms with van der Waals surface area (Å²) in [5.41, 5.74) is 7.06. The monoisotopic (exact) mass is 851 g/mol. The Hall–Kier alpha value is -0.260. The first-order valence-corrected chi connectivity index (χ1v) is 28.3. The van der Waals surface area contributed by atoms with Crippen molar-refractivity contribution >= 4 is 0 Å². The van der Waals surface area contributed by atoms with Crippen LogP contribution in [0, 0.1) is 131 Å². The first kappa shape index (κ1) is 46.8. The Morgan fingerprint density at radius 3 is 1.27 bits per heavy atom. The molecule has 20 atom stereocenters. The summed E-state index contributed by atoms with van der Waals surface area (Å²) in [5.74, 6) is 12.0. The van der Waals surface area contributed by atoms with Gasteiger partial charge in [-0.3, -0.25) is 0 Å². The number of fused-ring (bicyclic) bond motifs is 14. The fourth-order valence-corrected chi connectivity index (χ4v) is 23.6. The molecule has 0 aromatic carbocycles. The SMILES string of the molecule is C=C(C)[C@@H]1CC[C@]2(C)CC[C@]3(C)[C@H](CC[C@@H]4[C@@]5(C)CCC(C)C(C)(C)C5CC[C@]43C)C12.CC(C)[C@@H]1CC[C@]2(C)CC[C@]3(C)[C@H](CC[C@@H]4[C@@]5(C)CCC(C)C(C)(C)C5CC[C@]43C)C12. The van der Waals surface area contributed by atoms with Crippen molar-refractivity contribution in [2.45, 2.75) is 246 Å². The van der Waals surface area contributed by atoms with E-state index in [4.69, 9.17) is 0 Å². The van der Waals surface area contributed by atoms with Gasteiger partial charge in [0.25, 0.3) is 0 Å². The van der Waals surface area contributed by atoms with E-state index in [9.17, 15) is 0 Å². The lowest BCUT2D eigenvalue weighted by molar-refractivity contribution is -0.242. The quantitative estimate of drug-likeness (QED) is 0.243. The fourth-order valence-electron chi connectivity index (χ4n) is 23.6. The number of allylic oxidation sites excluding steroid dienone is 1. The molecular formula is C62H106. The molecule has 10 saturated carbocycles. The maximum atomic E-state index is 4.51. The van der Waals surface area contributed by atoms with Crippen molar-refractivity contribution in [3.8, 4) is 0 Å². The summed E-state index contributed by atoms with van der Waals surface area (Å²) in [6, 6.07) is 0. The molecular weight excluding hydrogens is 745 g/mol. The summed E-state index contributed by atoms with van der Waals surface area (Å²) in [6.07, 6.45) is 29.8. The van der Waals surface area contributed by atoms with Crippen molar-refractivity contribution in [2.24, 2.45) is 131 Å². The molecule has 0 heteroatoms. The van der Waals surface area contributed by atoms with Crippen LogP contribution in [0.15, 0.2) is 12.2 Å². The largest absolute Gasteiger partial charge is 0.0998 e. The van der Waals surface area contributed by atoms with Crippen LogP contribution < -0.4 is 0 Å². The Morgan fingerprint density at radius 2 is 0.839 bits per heavy atom. The van der Waals surface area contributed by atoms with Crippen LogP contribution in [0.2, 0.25) is 0 Å². The number of hydrogen-bond acceptors (Lipinski definition) is 0. The van der Waals surface area contributed by atoms with Gasteiger partial charge in [-0.2, -0.15) is 0 Å².